The Kier molecular flexibility index (Phi) is 5.62. The van der Waals surface area contributed by atoms with Crippen LogP contribution in [0.3, 0.4) is 0 Å². The van der Waals surface area contributed by atoms with Gasteiger partial charge < -0.3 is 9.64 Å². The first-order valence-electron chi connectivity index (χ1n) is 9.96. The summed E-state index contributed by atoms with van der Waals surface area (Å²) in [6.45, 7) is 3.06. The summed E-state index contributed by atoms with van der Waals surface area (Å²) < 4.78 is 5.62. The molecule has 0 saturated heterocycles. The quantitative estimate of drug-likeness (QED) is 0.351. The molecule has 4 aromatic carbocycles. The Morgan fingerprint density at radius 1 is 0.621 bits per heavy atom. The second kappa shape index (κ2) is 8.66. The van der Waals surface area contributed by atoms with Crippen LogP contribution in [0.5, 0.6) is 5.75 Å². The lowest BCUT2D eigenvalue weighted by Crippen LogP contribution is -2.16. The van der Waals surface area contributed by atoms with Crippen LogP contribution in [-0.4, -0.2) is 13.7 Å². The van der Waals surface area contributed by atoms with Crippen molar-refractivity contribution in [3.05, 3.63) is 103 Å². The topological polar surface area (TPSA) is 12.5 Å². The highest BCUT2D eigenvalue weighted by Gasteiger charge is 2.12. The minimum atomic E-state index is 0.880. The molecule has 0 N–H and O–H groups in total. The molecule has 2 heteroatoms. The molecule has 0 aliphatic carbocycles. The van der Waals surface area contributed by atoms with Gasteiger partial charge in [0.2, 0.25) is 0 Å². The number of hydrogen-bond donors (Lipinski definition) is 0. The van der Waals surface area contributed by atoms with Crippen LogP contribution in [0, 0.1) is 0 Å². The maximum absolute atomic E-state index is 5.62. The average Bonchev–Trinajstić information content (AvgIpc) is 2.81. The van der Waals surface area contributed by atoms with E-state index < -0.39 is 0 Å². The van der Waals surface area contributed by atoms with Crippen molar-refractivity contribution in [1.29, 1.82) is 0 Å². The molecule has 29 heavy (non-hydrogen) atoms. The zero-order valence-electron chi connectivity index (χ0n) is 16.9. The predicted octanol–water partition coefficient (Wildman–Crippen LogP) is 7.19. The Morgan fingerprint density at radius 3 is 1.76 bits per heavy atom. The smallest absolute Gasteiger partial charge is 0.126 e. The van der Waals surface area contributed by atoms with Crippen LogP contribution in [0.15, 0.2) is 103 Å². The highest BCUT2D eigenvalue weighted by Crippen LogP contribution is 2.36. The number of ether oxygens (including phenoxy) is 1. The van der Waals surface area contributed by atoms with Crippen LogP contribution in [-0.2, 0) is 0 Å². The number of methoxy groups -OCH3 is 1. The van der Waals surface area contributed by atoms with Crippen molar-refractivity contribution in [3.8, 4) is 28.0 Å². The van der Waals surface area contributed by atoms with E-state index in [0.717, 1.165) is 29.1 Å². The summed E-state index contributed by atoms with van der Waals surface area (Å²) in [5.74, 6) is 0.885. The van der Waals surface area contributed by atoms with Crippen molar-refractivity contribution < 1.29 is 4.74 Å². The molecule has 0 bridgehead atoms. The Labute approximate surface area is 173 Å². The average molecular weight is 380 g/mol. The Morgan fingerprint density at radius 2 is 1.17 bits per heavy atom. The first kappa shape index (κ1) is 18.8. The number of rotatable bonds is 6. The predicted molar refractivity (Wildman–Crippen MR) is 123 cm³/mol. The van der Waals surface area contributed by atoms with Crippen molar-refractivity contribution in [2.24, 2.45) is 0 Å². The fourth-order valence-electron chi connectivity index (χ4n) is 3.69. The molecule has 0 unspecified atom stereocenters. The summed E-state index contributed by atoms with van der Waals surface area (Å²) in [4.78, 5) is 2.32. The van der Waals surface area contributed by atoms with Crippen LogP contribution in [0.4, 0.5) is 11.4 Å². The largest absolute Gasteiger partial charge is 0.496 e. The second-order valence-corrected chi connectivity index (χ2v) is 6.91. The third kappa shape index (κ3) is 4.02. The molecule has 0 fully saturated rings. The highest BCUT2D eigenvalue weighted by molar-refractivity contribution is 5.77. The summed E-state index contributed by atoms with van der Waals surface area (Å²) in [6, 6.07) is 36.0. The van der Waals surface area contributed by atoms with Crippen molar-refractivity contribution in [1.82, 2.24) is 0 Å². The van der Waals surface area contributed by atoms with Gasteiger partial charge in [-0.15, -0.1) is 0 Å². The number of hydrogen-bond acceptors (Lipinski definition) is 2. The molecular formula is C27H25NO. The Bertz CT molecular complexity index is 1060. The Hall–Kier alpha value is -3.52. The monoisotopic (exact) mass is 379 g/mol. The second-order valence-electron chi connectivity index (χ2n) is 6.91. The van der Waals surface area contributed by atoms with Gasteiger partial charge in [0.15, 0.2) is 0 Å². The molecule has 0 aromatic heterocycles. The third-order valence-corrected chi connectivity index (χ3v) is 5.18. The van der Waals surface area contributed by atoms with Gasteiger partial charge in [-0.05, 0) is 53.9 Å². The zero-order valence-corrected chi connectivity index (χ0v) is 16.9. The minimum Gasteiger partial charge on any atom is -0.496 e. The standard InChI is InChI=1S/C27H25NO/c1-3-28(24-16-14-22(15-17-24)21-10-6-4-7-11-21)25-18-19-27(29-2)26(20-25)23-12-8-5-9-13-23/h4-20H,3H2,1-2H3. The van der Waals surface area contributed by atoms with Gasteiger partial charge in [0, 0.05) is 23.5 Å². The lowest BCUT2D eigenvalue weighted by atomic mass is 10.0. The lowest BCUT2D eigenvalue weighted by Gasteiger charge is -2.25. The van der Waals surface area contributed by atoms with E-state index in [9.17, 15) is 0 Å². The van der Waals surface area contributed by atoms with E-state index in [0.29, 0.717) is 0 Å². The van der Waals surface area contributed by atoms with Gasteiger partial charge in [0.05, 0.1) is 7.11 Å². The fraction of sp³-hybridized carbons (Fsp3) is 0.111. The maximum Gasteiger partial charge on any atom is 0.126 e. The molecule has 0 amide bonds. The number of benzene rings is 4. The van der Waals surface area contributed by atoms with Crippen LogP contribution >= 0.6 is 0 Å². The molecule has 2 nitrogen and oxygen atoms in total. The minimum absolute atomic E-state index is 0.880. The molecule has 0 atom stereocenters. The number of anilines is 2. The van der Waals surface area contributed by atoms with Gasteiger partial charge in [-0.2, -0.15) is 0 Å². The highest BCUT2D eigenvalue weighted by atomic mass is 16.5. The SMILES string of the molecule is CCN(c1ccc(-c2ccccc2)cc1)c1ccc(OC)c(-c2ccccc2)c1. The van der Waals surface area contributed by atoms with Gasteiger partial charge in [-0.1, -0.05) is 72.8 Å². The van der Waals surface area contributed by atoms with Crippen molar-refractivity contribution in [2.45, 2.75) is 6.92 Å². The molecule has 4 rings (SSSR count). The molecule has 0 saturated carbocycles. The van der Waals surface area contributed by atoms with Gasteiger partial charge in [0.25, 0.3) is 0 Å². The summed E-state index contributed by atoms with van der Waals surface area (Å²) in [5.41, 5.74) is 7.05. The first-order valence-corrected chi connectivity index (χ1v) is 9.96. The van der Waals surface area contributed by atoms with E-state index in [2.05, 4.69) is 103 Å². The van der Waals surface area contributed by atoms with Crippen molar-refractivity contribution in [2.75, 3.05) is 18.6 Å². The lowest BCUT2D eigenvalue weighted by molar-refractivity contribution is 0.416. The van der Waals surface area contributed by atoms with Gasteiger partial charge in [-0.3, -0.25) is 0 Å². The van der Waals surface area contributed by atoms with Crippen molar-refractivity contribution >= 4 is 11.4 Å². The molecule has 0 aliphatic heterocycles. The molecule has 144 valence electrons. The van der Waals surface area contributed by atoms with E-state index in [4.69, 9.17) is 4.74 Å². The Balaban J connectivity index is 1.69. The summed E-state index contributed by atoms with van der Waals surface area (Å²) in [5, 5.41) is 0. The van der Waals surface area contributed by atoms with Gasteiger partial charge in [0.1, 0.15) is 5.75 Å². The van der Waals surface area contributed by atoms with Crippen LogP contribution in [0.2, 0.25) is 0 Å². The number of nitrogens with zero attached hydrogens (tertiary/aromatic N) is 1. The molecule has 0 radical (unpaired) electrons. The zero-order chi connectivity index (χ0) is 20.1. The summed E-state index contributed by atoms with van der Waals surface area (Å²) in [7, 11) is 1.72. The molecule has 0 aliphatic rings. The van der Waals surface area contributed by atoms with E-state index in [1.54, 1.807) is 7.11 Å². The first-order chi connectivity index (χ1) is 14.3. The van der Waals surface area contributed by atoms with Gasteiger partial charge in [-0.25, -0.2) is 0 Å². The van der Waals surface area contributed by atoms with E-state index in [1.165, 1.54) is 16.8 Å². The van der Waals surface area contributed by atoms with E-state index in [1.807, 2.05) is 12.1 Å². The van der Waals surface area contributed by atoms with Gasteiger partial charge >= 0.3 is 0 Å². The van der Waals surface area contributed by atoms with E-state index >= 15 is 0 Å². The summed E-state index contributed by atoms with van der Waals surface area (Å²) in [6.07, 6.45) is 0. The summed E-state index contributed by atoms with van der Waals surface area (Å²) >= 11 is 0. The van der Waals surface area contributed by atoms with Crippen molar-refractivity contribution in [3.63, 3.8) is 0 Å². The fourth-order valence-corrected chi connectivity index (χ4v) is 3.69. The normalized spacial score (nSPS) is 10.6. The molecule has 4 aromatic rings. The van der Waals surface area contributed by atoms with Crippen LogP contribution in [0.1, 0.15) is 6.92 Å². The van der Waals surface area contributed by atoms with Crippen LogP contribution < -0.4 is 9.64 Å². The molecule has 0 heterocycles. The maximum atomic E-state index is 5.62. The van der Waals surface area contributed by atoms with Crippen LogP contribution in [0.25, 0.3) is 22.3 Å². The molecular weight excluding hydrogens is 354 g/mol. The third-order valence-electron chi connectivity index (χ3n) is 5.18. The molecule has 0 spiro atoms. The van der Waals surface area contributed by atoms with E-state index in [-0.39, 0.29) is 0 Å².